The number of rotatable bonds is 5. The molecule has 2 aliphatic heterocycles. The maximum absolute atomic E-state index is 13.4. The number of hydrogen-bond donors (Lipinski definition) is 6. The topological polar surface area (TPSA) is 139 Å². The number of pyridine rings is 1. The molecular formula is C23H31N5O5. The molecule has 1 amide bonds. The van der Waals surface area contributed by atoms with E-state index in [-0.39, 0.29) is 12.5 Å². The highest BCUT2D eigenvalue weighted by molar-refractivity contribution is 5.86. The summed E-state index contributed by atoms with van der Waals surface area (Å²) in [5.74, 6) is -1.23. The Bertz CT molecular complexity index is 987. The van der Waals surface area contributed by atoms with Crippen LogP contribution < -0.4 is 16.0 Å². The SMILES string of the molecule is O=C1NC(N2CCOCC2)NC(N[C@@H]2C[C@H](CO)[C@@H](O)[C@H]2O)C1c1ccc2ccccc2n1. The van der Waals surface area contributed by atoms with Gasteiger partial charge in [0.1, 0.15) is 12.2 Å². The molecule has 2 aromatic rings. The van der Waals surface area contributed by atoms with Crippen molar-refractivity contribution in [3.05, 3.63) is 42.1 Å². The number of benzene rings is 1. The van der Waals surface area contributed by atoms with E-state index in [1.165, 1.54) is 0 Å². The van der Waals surface area contributed by atoms with Crippen LogP contribution in [-0.2, 0) is 9.53 Å². The molecule has 2 saturated heterocycles. The van der Waals surface area contributed by atoms with E-state index < -0.39 is 42.5 Å². The summed E-state index contributed by atoms with van der Waals surface area (Å²) in [6, 6.07) is 11.1. The normalized spacial score (nSPS) is 35.6. The number of aliphatic hydroxyl groups excluding tert-OH is 3. The Balaban J connectivity index is 1.44. The third kappa shape index (κ3) is 4.47. The number of para-hydroxylation sites is 1. The third-order valence-corrected chi connectivity index (χ3v) is 7.01. The number of nitrogens with one attached hydrogen (secondary N) is 3. The van der Waals surface area contributed by atoms with E-state index in [2.05, 4.69) is 20.9 Å². The van der Waals surface area contributed by atoms with Gasteiger partial charge in [-0.3, -0.25) is 25.3 Å². The van der Waals surface area contributed by atoms with Gasteiger partial charge in [-0.05, 0) is 18.6 Å². The van der Waals surface area contributed by atoms with Crippen molar-refractivity contribution in [2.45, 2.75) is 43.0 Å². The van der Waals surface area contributed by atoms with E-state index in [1.54, 1.807) is 0 Å². The number of morpholine rings is 1. The summed E-state index contributed by atoms with van der Waals surface area (Å²) >= 11 is 0. The van der Waals surface area contributed by atoms with Crippen LogP contribution in [0.4, 0.5) is 0 Å². The summed E-state index contributed by atoms with van der Waals surface area (Å²) < 4.78 is 5.44. The summed E-state index contributed by atoms with van der Waals surface area (Å²) in [5, 5.41) is 41.3. The van der Waals surface area contributed by atoms with Gasteiger partial charge in [0.25, 0.3) is 0 Å². The molecule has 3 fully saturated rings. The van der Waals surface area contributed by atoms with Crippen molar-refractivity contribution in [3.8, 4) is 0 Å². The molecule has 0 bridgehead atoms. The lowest BCUT2D eigenvalue weighted by atomic mass is 9.95. The highest BCUT2D eigenvalue weighted by atomic mass is 16.5. The molecule has 1 aromatic carbocycles. The van der Waals surface area contributed by atoms with Gasteiger partial charge in [0, 0.05) is 37.0 Å². The molecule has 178 valence electrons. The van der Waals surface area contributed by atoms with Gasteiger partial charge in [-0.15, -0.1) is 0 Å². The Kier molecular flexibility index (Phi) is 6.57. The number of aromatic nitrogens is 1. The number of carbonyl (C=O) groups is 1. The molecule has 1 saturated carbocycles. The first kappa shape index (κ1) is 22.6. The van der Waals surface area contributed by atoms with Crippen molar-refractivity contribution in [3.63, 3.8) is 0 Å². The molecule has 10 heteroatoms. The first-order valence-electron chi connectivity index (χ1n) is 11.5. The second-order valence-corrected chi connectivity index (χ2v) is 9.04. The number of amides is 1. The maximum atomic E-state index is 13.4. The van der Waals surface area contributed by atoms with Crippen molar-refractivity contribution in [2.75, 3.05) is 32.9 Å². The van der Waals surface area contributed by atoms with E-state index in [0.29, 0.717) is 38.4 Å². The largest absolute Gasteiger partial charge is 0.396 e. The molecule has 5 rings (SSSR count). The fraction of sp³-hybridized carbons (Fsp3) is 0.565. The second kappa shape index (κ2) is 9.59. The minimum absolute atomic E-state index is 0.169. The standard InChI is InChI=1S/C23H31N5O5/c29-12-14-11-17(20(31)19(14)30)25-21-18(16-6-5-13-3-1-2-4-15(13)24-16)22(32)27-23(26-21)28-7-9-33-10-8-28/h1-6,14,17-21,23,25-26,29-31H,7-12H2,(H,27,32)/t14-,17-,18?,19-,20+,21?,23?/m1/s1. The quantitative estimate of drug-likeness (QED) is 0.322. The molecule has 33 heavy (non-hydrogen) atoms. The van der Waals surface area contributed by atoms with Gasteiger partial charge in [0.05, 0.1) is 42.8 Å². The van der Waals surface area contributed by atoms with E-state index >= 15 is 0 Å². The van der Waals surface area contributed by atoms with Crippen LogP contribution in [0.3, 0.4) is 0 Å². The number of ether oxygens (including phenoxy) is 1. The zero-order chi connectivity index (χ0) is 22.9. The third-order valence-electron chi connectivity index (χ3n) is 7.01. The lowest BCUT2D eigenvalue weighted by Gasteiger charge is -2.44. The second-order valence-electron chi connectivity index (χ2n) is 9.04. The number of fused-ring (bicyclic) bond motifs is 1. The molecule has 10 nitrogen and oxygen atoms in total. The van der Waals surface area contributed by atoms with Crippen molar-refractivity contribution in [1.82, 2.24) is 25.8 Å². The first-order valence-corrected chi connectivity index (χ1v) is 11.5. The van der Waals surface area contributed by atoms with E-state index in [4.69, 9.17) is 9.72 Å². The van der Waals surface area contributed by atoms with Crippen molar-refractivity contribution < 1.29 is 24.9 Å². The van der Waals surface area contributed by atoms with Crippen LogP contribution in [0.1, 0.15) is 18.0 Å². The fourth-order valence-electron chi connectivity index (χ4n) is 5.12. The van der Waals surface area contributed by atoms with Crippen LogP contribution in [0, 0.1) is 5.92 Å². The average Bonchev–Trinajstić information content (AvgIpc) is 3.12. The summed E-state index contributed by atoms with van der Waals surface area (Å²) in [6.45, 7) is 2.34. The van der Waals surface area contributed by atoms with Gasteiger partial charge in [0.2, 0.25) is 5.91 Å². The predicted molar refractivity (Wildman–Crippen MR) is 120 cm³/mol. The molecule has 3 unspecified atom stereocenters. The summed E-state index contributed by atoms with van der Waals surface area (Å²) in [5.41, 5.74) is 1.41. The fourth-order valence-corrected chi connectivity index (χ4v) is 5.12. The van der Waals surface area contributed by atoms with Crippen LogP contribution >= 0.6 is 0 Å². The molecule has 3 aliphatic rings. The smallest absolute Gasteiger partial charge is 0.234 e. The van der Waals surface area contributed by atoms with Crippen LogP contribution in [-0.4, -0.2) is 94.7 Å². The van der Waals surface area contributed by atoms with Crippen LogP contribution in [0.15, 0.2) is 36.4 Å². The predicted octanol–water partition coefficient (Wildman–Crippen LogP) is -1.33. The minimum atomic E-state index is -1.04. The van der Waals surface area contributed by atoms with Crippen molar-refractivity contribution in [2.24, 2.45) is 5.92 Å². The van der Waals surface area contributed by atoms with Gasteiger partial charge < -0.3 is 25.4 Å². The Labute approximate surface area is 191 Å². The Hall–Kier alpha value is -2.18. The van der Waals surface area contributed by atoms with Gasteiger partial charge in [-0.2, -0.15) is 0 Å². The number of hydrogen-bond acceptors (Lipinski definition) is 9. The number of aliphatic hydroxyl groups is 3. The monoisotopic (exact) mass is 457 g/mol. The van der Waals surface area contributed by atoms with Gasteiger partial charge in [0.15, 0.2) is 0 Å². The molecule has 1 aromatic heterocycles. The lowest BCUT2D eigenvalue weighted by molar-refractivity contribution is -0.131. The Morgan fingerprint density at radius 2 is 1.91 bits per heavy atom. The Morgan fingerprint density at radius 1 is 1.12 bits per heavy atom. The zero-order valence-corrected chi connectivity index (χ0v) is 18.3. The molecule has 3 heterocycles. The summed E-state index contributed by atoms with van der Waals surface area (Å²) in [6.07, 6.45) is -2.59. The van der Waals surface area contributed by atoms with Gasteiger partial charge >= 0.3 is 0 Å². The highest BCUT2D eigenvalue weighted by Crippen LogP contribution is 2.30. The molecule has 0 spiro atoms. The van der Waals surface area contributed by atoms with E-state index in [9.17, 15) is 20.1 Å². The maximum Gasteiger partial charge on any atom is 0.234 e. The number of carbonyl (C=O) groups excluding carboxylic acids is 1. The van der Waals surface area contributed by atoms with Crippen LogP contribution in [0.2, 0.25) is 0 Å². The molecule has 0 radical (unpaired) electrons. The average molecular weight is 458 g/mol. The van der Waals surface area contributed by atoms with Crippen molar-refractivity contribution in [1.29, 1.82) is 0 Å². The van der Waals surface area contributed by atoms with Crippen molar-refractivity contribution >= 4 is 16.8 Å². The summed E-state index contributed by atoms with van der Waals surface area (Å²) in [7, 11) is 0. The van der Waals surface area contributed by atoms with Gasteiger partial charge in [-0.25, -0.2) is 0 Å². The molecule has 6 N–H and O–H groups in total. The van der Waals surface area contributed by atoms with Crippen LogP contribution in [0.25, 0.3) is 10.9 Å². The molecule has 1 aliphatic carbocycles. The molecular weight excluding hydrogens is 426 g/mol. The van der Waals surface area contributed by atoms with E-state index in [0.717, 1.165) is 10.9 Å². The lowest BCUT2D eigenvalue weighted by Crippen LogP contribution is -2.71. The zero-order valence-electron chi connectivity index (χ0n) is 18.3. The Morgan fingerprint density at radius 3 is 2.67 bits per heavy atom. The number of nitrogens with zero attached hydrogens (tertiary/aromatic N) is 2. The van der Waals surface area contributed by atoms with E-state index in [1.807, 2.05) is 36.4 Å². The minimum Gasteiger partial charge on any atom is -0.396 e. The summed E-state index contributed by atoms with van der Waals surface area (Å²) in [4.78, 5) is 20.3. The highest BCUT2D eigenvalue weighted by Gasteiger charge is 2.46. The first-order chi connectivity index (χ1) is 16.0. The van der Waals surface area contributed by atoms with Gasteiger partial charge in [-0.1, -0.05) is 24.3 Å². The molecule has 7 atom stereocenters. The van der Waals surface area contributed by atoms with Crippen LogP contribution in [0.5, 0.6) is 0 Å².